The lowest BCUT2D eigenvalue weighted by molar-refractivity contribution is -0.143. The van der Waals surface area contributed by atoms with Crippen molar-refractivity contribution in [1.29, 1.82) is 0 Å². The molecule has 24 nitrogen and oxygen atoms in total. The maximum absolute atomic E-state index is 13.7. The number of carboxylic acids is 1. The van der Waals surface area contributed by atoms with E-state index < -0.39 is 29.1 Å². The topological polar surface area (TPSA) is 274 Å². The molecule has 0 aliphatic heterocycles. The van der Waals surface area contributed by atoms with Crippen molar-refractivity contribution in [3.63, 3.8) is 0 Å². The van der Waals surface area contributed by atoms with Crippen LogP contribution in [-0.2, 0) is 19.1 Å². The van der Waals surface area contributed by atoms with Crippen LogP contribution in [0.2, 0.25) is 0 Å². The number of imidazole rings is 3. The number of ether oxygens (including phenoxy) is 4. The highest BCUT2D eigenvalue weighted by Gasteiger charge is 2.26. The maximum Gasteiger partial charge on any atom is 0.514 e. The zero-order valence-corrected chi connectivity index (χ0v) is 59.3. The Morgan fingerprint density at radius 2 is 0.806 bits per heavy atom. The first-order chi connectivity index (χ1) is 47.8. The van der Waals surface area contributed by atoms with E-state index in [9.17, 15) is 33.6 Å². The van der Waals surface area contributed by atoms with Gasteiger partial charge in [0.15, 0.2) is 16.3 Å². The average molecular weight is 1410 g/mol. The van der Waals surface area contributed by atoms with Crippen molar-refractivity contribution < 1.29 is 43.2 Å². The molecule has 1 atom stereocenters. The standard InChI is InChI=1S/C26H30N4O5.C25H30N4O4.C25H30N4O3.3CH4/c1-4-29(5-2)11-10-27-19-7-8-20-25-24(19)26(34)18-14-17(6-9-21(18)30(25)15-28-20)35-23(33)13-16(3)12-22(31)32;1-6-28(7-2)13-12-26-18-9-10-19-22-21(18)23(30)17-14-16(32-24(31)33-25(3,4)5)8-11-20(17)29(22)15-27-19;1-6-28(7-2)13-12-26-18-9-10-19-22-21(18)23(30)17-14-16(32-24(31)25(3,4)5)8-11-20(17)29(22)15-27-19;;;/h6-9,14-16,27H,4-5,10-13H2,1-3H3,(H,31,32);8-11,14-15,26H,6-7,12-13H2,1-5H3;8-11,14-15,26H,6-7,12-13H2,1-5H3;3*1H4. The molecule has 24 heteroatoms. The third-order valence-corrected chi connectivity index (χ3v) is 17.8. The summed E-state index contributed by atoms with van der Waals surface area (Å²) in [6.07, 6.45) is 4.19. The van der Waals surface area contributed by atoms with Crippen molar-refractivity contribution in [2.45, 2.75) is 131 Å². The van der Waals surface area contributed by atoms with Crippen molar-refractivity contribution >= 4 is 123 Å². The lowest BCUT2D eigenvalue weighted by Gasteiger charge is -2.19. The van der Waals surface area contributed by atoms with Gasteiger partial charge in [0.05, 0.1) is 87.4 Å². The van der Waals surface area contributed by atoms with Gasteiger partial charge in [0.25, 0.3) is 0 Å². The van der Waals surface area contributed by atoms with Gasteiger partial charge < -0.3 is 54.7 Å². The van der Waals surface area contributed by atoms with Gasteiger partial charge in [-0.3, -0.25) is 42.0 Å². The fourth-order valence-corrected chi connectivity index (χ4v) is 12.4. The molecule has 550 valence electrons. The number of carboxylic acid groups (broad SMARTS) is 1. The molecule has 6 aromatic heterocycles. The molecule has 4 N–H and O–H groups in total. The summed E-state index contributed by atoms with van der Waals surface area (Å²) < 4.78 is 27.3. The first-order valence-electron chi connectivity index (χ1n) is 34.3. The maximum atomic E-state index is 13.7. The first kappa shape index (κ1) is 80.0. The van der Waals surface area contributed by atoms with Crippen LogP contribution in [-0.4, -0.2) is 156 Å². The highest BCUT2D eigenvalue weighted by Crippen LogP contribution is 2.34. The predicted octanol–water partition coefficient (Wildman–Crippen LogP) is 14.2. The number of aromatic nitrogens is 6. The summed E-state index contributed by atoms with van der Waals surface area (Å²) >= 11 is 0. The number of esters is 2. The Labute approximate surface area is 600 Å². The second-order valence-electron chi connectivity index (χ2n) is 26.9. The largest absolute Gasteiger partial charge is 0.514 e. The summed E-state index contributed by atoms with van der Waals surface area (Å²) in [6.45, 7) is 35.8. The molecule has 0 saturated carbocycles. The molecule has 0 amide bonds. The average Bonchev–Trinajstić information content (AvgIpc) is 1.68. The highest BCUT2D eigenvalue weighted by atomic mass is 16.7. The zero-order chi connectivity index (χ0) is 71.9. The second-order valence-corrected chi connectivity index (χ2v) is 26.9. The molecular weight excluding hydrogens is 1310 g/mol. The number of carbonyl (C=O) groups excluding carboxylic acids is 3. The molecular formula is C79H102N12O12. The van der Waals surface area contributed by atoms with E-state index in [0.29, 0.717) is 55.6 Å². The minimum absolute atomic E-state index is 0. The lowest BCUT2D eigenvalue weighted by atomic mass is 9.97. The summed E-state index contributed by atoms with van der Waals surface area (Å²) in [7, 11) is 0. The molecule has 0 aliphatic carbocycles. The van der Waals surface area contributed by atoms with E-state index in [1.54, 1.807) is 116 Å². The Hall–Kier alpha value is -10.3. The smallest absolute Gasteiger partial charge is 0.481 e. The SMILES string of the molecule is C.C.C.CCN(CC)CCNc1ccc2ncn3c4ccc(OC(=O)C(C)(C)C)cc4c(=O)c1c23.CCN(CC)CCNc1ccc2ncn3c4ccc(OC(=O)CC(C)CC(=O)O)cc4c(=O)c1c23.CCN(CC)CCNc1ccc2ncn3c4ccc(OC(=O)OC(C)(C)C)cc4c(=O)c1c23. The number of carbonyl (C=O) groups is 4. The van der Waals surface area contributed by atoms with Gasteiger partial charge in [-0.25, -0.2) is 19.7 Å². The van der Waals surface area contributed by atoms with Crippen LogP contribution in [0.4, 0.5) is 21.9 Å². The van der Waals surface area contributed by atoms with E-state index in [0.717, 1.165) is 128 Å². The van der Waals surface area contributed by atoms with Gasteiger partial charge in [-0.2, -0.15) is 0 Å². The summed E-state index contributed by atoms with van der Waals surface area (Å²) in [5.41, 5.74) is 7.30. The van der Waals surface area contributed by atoms with Crippen LogP contribution >= 0.6 is 0 Å². The number of rotatable bonds is 25. The molecule has 0 radical (unpaired) electrons. The summed E-state index contributed by atoms with van der Waals surface area (Å²) in [5.74, 6) is -1.33. The van der Waals surface area contributed by atoms with Crippen molar-refractivity contribution in [2.75, 3.05) is 94.5 Å². The summed E-state index contributed by atoms with van der Waals surface area (Å²) in [6, 6.07) is 26.6. The van der Waals surface area contributed by atoms with E-state index >= 15 is 0 Å². The highest BCUT2D eigenvalue weighted by molar-refractivity contribution is 6.10. The third-order valence-electron chi connectivity index (χ3n) is 17.8. The van der Waals surface area contributed by atoms with Crippen molar-refractivity contribution in [1.82, 2.24) is 42.9 Å². The number of nitrogens with one attached hydrogen (secondary N) is 3. The normalized spacial score (nSPS) is 12.0. The fraction of sp³-hybridized carbons (Fsp3) is 0.418. The Morgan fingerprint density at radius 3 is 1.12 bits per heavy atom. The monoisotopic (exact) mass is 1410 g/mol. The van der Waals surface area contributed by atoms with Crippen molar-refractivity contribution in [3.05, 3.63) is 141 Å². The van der Waals surface area contributed by atoms with Gasteiger partial charge in [-0.05, 0) is 178 Å². The van der Waals surface area contributed by atoms with Crippen LogP contribution < -0.4 is 46.4 Å². The molecule has 0 fully saturated rings. The second kappa shape index (κ2) is 34.1. The number of pyridine rings is 3. The minimum Gasteiger partial charge on any atom is -0.481 e. The van der Waals surface area contributed by atoms with E-state index in [1.807, 2.05) is 55.7 Å². The summed E-state index contributed by atoms with van der Waals surface area (Å²) in [4.78, 5) is 109. The third kappa shape index (κ3) is 17.8. The fourth-order valence-electron chi connectivity index (χ4n) is 12.4. The number of anilines is 3. The first-order valence-corrected chi connectivity index (χ1v) is 34.3. The van der Waals surface area contributed by atoms with E-state index in [-0.39, 0.29) is 74.8 Å². The van der Waals surface area contributed by atoms with Crippen LogP contribution in [0.25, 0.3) is 82.0 Å². The molecule has 0 aliphatic rings. The Balaban J connectivity index is 0.000000213. The number of fused-ring (bicyclic) bond motifs is 6. The molecule has 103 heavy (non-hydrogen) atoms. The van der Waals surface area contributed by atoms with Gasteiger partial charge in [-0.1, -0.05) is 70.7 Å². The quantitative estimate of drug-likeness (QED) is 0.0179. The van der Waals surface area contributed by atoms with E-state index in [2.05, 4.69) is 87.1 Å². The molecule has 0 bridgehead atoms. The number of nitrogens with zero attached hydrogens (tertiary/aromatic N) is 9. The molecule has 12 aromatic rings. The number of hydrogen-bond donors (Lipinski definition) is 4. The number of benzene rings is 6. The molecule has 1 unspecified atom stereocenters. The predicted molar refractivity (Wildman–Crippen MR) is 416 cm³/mol. The van der Waals surface area contributed by atoms with Gasteiger partial charge in [0.1, 0.15) is 41.8 Å². The summed E-state index contributed by atoms with van der Waals surface area (Å²) in [5, 5.41) is 22.3. The lowest BCUT2D eigenvalue weighted by Crippen LogP contribution is -2.28. The van der Waals surface area contributed by atoms with Crippen LogP contribution in [0, 0.1) is 11.3 Å². The Bertz CT molecular complexity index is 5120. The molecule has 12 rings (SSSR count). The molecule has 0 saturated heterocycles. The Morgan fingerprint density at radius 1 is 0.476 bits per heavy atom. The van der Waals surface area contributed by atoms with E-state index in [4.69, 9.17) is 24.1 Å². The van der Waals surface area contributed by atoms with Crippen LogP contribution in [0.3, 0.4) is 0 Å². The molecule has 6 heterocycles. The van der Waals surface area contributed by atoms with Crippen LogP contribution in [0.5, 0.6) is 17.2 Å². The minimum atomic E-state index is -0.962. The number of likely N-dealkylation sites (N-methyl/N-ethyl adjacent to an activating group) is 3. The molecule has 6 aromatic carbocycles. The zero-order valence-electron chi connectivity index (χ0n) is 59.3. The van der Waals surface area contributed by atoms with Crippen molar-refractivity contribution in [3.8, 4) is 17.2 Å². The number of aliphatic carboxylic acids is 1. The molecule has 0 spiro atoms. The van der Waals surface area contributed by atoms with Gasteiger partial charge in [0, 0.05) is 69.2 Å². The van der Waals surface area contributed by atoms with Gasteiger partial charge >= 0.3 is 24.1 Å². The van der Waals surface area contributed by atoms with Crippen LogP contribution in [0.15, 0.2) is 124 Å². The number of hydrogen-bond acceptors (Lipinski definition) is 20. The van der Waals surface area contributed by atoms with E-state index in [1.165, 1.54) is 0 Å². The van der Waals surface area contributed by atoms with Crippen molar-refractivity contribution in [2.24, 2.45) is 11.3 Å². The van der Waals surface area contributed by atoms with Gasteiger partial charge in [0.2, 0.25) is 0 Å². The van der Waals surface area contributed by atoms with Gasteiger partial charge in [-0.15, -0.1) is 0 Å². The van der Waals surface area contributed by atoms with Crippen LogP contribution in [0.1, 0.15) is 125 Å². The Kier molecular flexibility index (Phi) is 26.5.